The molecular weight excluding hydrogens is 467 g/mol. The molecule has 0 saturated carbocycles. The van der Waals surface area contributed by atoms with Gasteiger partial charge in [-0.15, -0.1) is 0 Å². The van der Waals surface area contributed by atoms with Crippen molar-refractivity contribution in [2.75, 3.05) is 39.3 Å². The van der Waals surface area contributed by atoms with Gasteiger partial charge in [-0.3, -0.25) is 9.69 Å². The lowest BCUT2D eigenvalue weighted by molar-refractivity contribution is 0.0951. The summed E-state index contributed by atoms with van der Waals surface area (Å²) in [6, 6.07) is 17.5. The van der Waals surface area contributed by atoms with Crippen molar-refractivity contribution in [1.29, 1.82) is 0 Å². The Bertz CT molecular complexity index is 1210. The standard InChI is InChI=1S/C29H37FN4OSi/c1-36(2)17-15-34(16-18-36)21-22-5-7-23(8-6-22)28-20-26(25-19-24(30)9-10-27(25)32-28)29(35)31-11-14-33-12-3-4-13-33/h5-10,19-20H,3-4,11-18,21H2,1-2H3,(H,31,35). The van der Waals surface area contributed by atoms with E-state index in [1.165, 1.54) is 55.7 Å². The number of carbonyl (C=O) groups is 1. The highest BCUT2D eigenvalue weighted by Crippen LogP contribution is 2.27. The van der Waals surface area contributed by atoms with Gasteiger partial charge < -0.3 is 10.2 Å². The average molecular weight is 505 g/mol. The SMILES string of the molecule is C[Si]1(C)CCN(Cc2ccc(-c3cc(C(=O)NCCN4CCCC4)c4cc(F)ccc4n3)cc2)CC1. The predicted octanol–water partition coefficient (Wildman–Crippen LogP) is 5.39. The van der Waals surface area contributed by atoms with Crippen molar-refractivity contribution < 1.29 is 9.18 Å². The molecule has 1 N–H and O–H groups in total. The molecule has 7 heteroatoms. The van der Waals surface area contributed by atoms with Crippen molar-refractivity contribution in [2.45, 2.75) is 44.6 Å². The van der Waals surface area contributed by atoms with Crippen LogP contribution in [0.15, 0.2) is 48.5 Å². The summed E-state index contributed by atoms with van der Waals surface area (Å²) in [5.41, 5.74) is 4.09. The second-order valence-electron chi connectivity index (χ2n) is 11.2. The van der Waals surface area contributed by atoms with E-state index in [0.717, 1.165) is 37.4 Å². The number of hydrogen-bond acceptors (Lipinski definition) is 4. The summed E-state index contributed by atoms with van der Waals surface area (Å²) >= 11 is 0. The lowest BCUT2D eigenvalue weighted by atomic mass is 10.0. The Labute approximate surface area is 214 Å². The number of nitrogens with one attached hydrogen (secondary N) is 1. The van der Waals surface area contributed by atoms with Crippen molar-refractivity contribution in [1.82, 2.24) is 20.1 Å². The molecule has 0 spiro atoms. The quantitative estimate of drug-likeness (QED) is 0.438. The van der Waals surface area contributed by atoms with Crippen molar-refractivity contribution in [3.05, 3.63) is 65.5 Å². The summed E-state index contributed by atoms with van der Waals surface area (Å²) in [5, 5.41) is 3.59. The van der Waals surface area contributed by atoms with Crippen LogP contribution in [0.3, 0.4) is 0 Å². The molecule has 190 valence electrons. The number of benzene rings is 2. The molecule has 2 aliphatic heterocycles. The van der Waals surface area contributed by atoms with Gasteiger partial charge in [0.1, 0.15) is 5.82 Å². The second-order valence-corrected chi connectivity index (χ2v) is 16.5. The van der Waals surface area contributed by atoms with Crippen molar-refractivity contribution in [3.63, 3.8) is 0 Å². The molecule has 36 heavy (non-hydrogen) atoms. The van der Waals surface area contributed by atoms with Crippen LogP contribution in [0.5, 0.6) is 0 Å². The first-order chi connectivity index (χ1) is 17.4. The van der Waals surface area contributed by atoms with Crippen LogP contribution < -0.4 is 5.32 Å². The average Bonchev–Trinajstić information content (AvgIpc) is 3.39. The van der Waals surface area contributed by atoms with Gasteiger partial charge in [0.25, 0.3) is 5.91 Å². The molecule has 2 aromatic carbocycles. The topological polar surface area (TPSA) is 48.5 Å². The molecule has 2 fully saturated rings. The van der Waals surface area contributed by atoms with Gasteiger partial charge in [0.2, 0.25) is 0 Å². The van der Waals surface area contributed by atoms with Crippen LogP contribution >= 0.6 is 0 Å². The lowest BCUT2D eigenvalue weighted by Gasteiger charge is -2.35. The predicted molar refractivity (Wildman–Crippen MR) is 148 cm³/mol. The first kappa shape index (κ1) is 25.1. The van der Waals surface area contributed by atoms with Crippen molar-refractivity contribution in [2.24, 2.45) is 0 Å². The number of amides is 1. The summed E-state index contributed by atoms with van der Waals surface area (Å²) in [7, 11) is -0.968. The molecule has 2 aliphatic rings. The van der Waals surface area contributed by atoms with Crippen molar-refractivity contribution in [3.8, 4) is 11.3 Å². The molecule has 1 amide bonds. The third kappa shape index (κ3) is 6.02. The zero-order valence-electron chi connectivity index (χ0n) is 21.5. The molecule has 3 heterocycles. The van der Waals surface area contributed by atoms with Crippen LogP contribution in [-0.2, 0) is 6.54 Å². The van der Waals surface area contributed by atoms with E-state index in [4.69, 9.17) is 4.98 Å². The molecule has 2 saturated heterocycles. The van der Waals surface area contributed by atoms with Gasteiger partial charge in [-0.05, 0) is 80.9 Å². The molecule has 0 unspecified atom stereocenters. The number of pyridine rings is 1. The van der Waals surface area contributed by atoms with E-state index in [0.29, 0.717) is 23.0 Å². The van der Waals surface area contributed by atoms with Crippen LogP contribution in [0.1, 0.15) is 28.8 Å². The fraction of sp³-hybridized carbons (Fsp3) is 0.448. The maximum absolute atomic E-state index is 14.1. The van der Waals surface area contributed by atoms with Crippen LogP contribution in [0.25, 0.3) is 22.2 Å². The molecule has 0 radical (unpaired) electrons. The second kappa shape index (κ2) is 10.8. The van der Waals surface area contributed by atoms with E-state index in [2.05, 4.69) is 52.5 Å². The summed E-state index contributed by atoms with van der Waals surface area (Å²) in [4.78, 5) is 22.9. The van der Waals surface area contributed by atoms with Crippen LogP contribution in [0.2, 0.25) is 25.2 Å². The molecule has 1 aromatic heterocycles. The van der Waals surface area contributed by atoms with Gasteiger partial charge in [0.05, 0.1) is 16.8 Å². The minimum atomic E-state index is -0.968. The highest BCUT2D eigenvalue weighted by atomic mass is 28.3. The van der Waals surface area contributed by atoms with E-state index in [9.17, 15) is 9.18 Å². The molecule has 5 nitrogen and oxygen atoms in total. The van der Waals surface area contributed by atoms with Gasteiger partial charge in [0.15, 0.2) is 0 Å². The largest absolute Gasteiger partial charge is 0.351 e. The first-order valence-electron chi connectivity index (χ1n) is 13.3. The third-order valence-corrected chi connectivity index (χ3v) is 10.9. The number of fused-ring (bicyclic) bond motifs is 1. The number of carbonyl (C=O) groups excluding carboxylic acids is 1. The Hall–Kier alpha value is -2.61. The Kier molecular flexibility index (Phi) is 7.51. The minimum Gasteiger partial charge on any atom is -0.351 e. The molecule has 5 rings (SSSR count). The normalized spacial score (nSPS) is 18.5. The molecular formula is C29H37FN4OSi. The van der Waals surface area contributed by atoms with E-state index in [1.54, 1.807) is 12.1 Å². The monoisotopic (exact) mass is 504 g/mol. The molecule has 0 aliphatic carbocycles. The summed E-state index contributed by atoms with van der Waals surface area (Å²) < 4.78 is 14.1. The van der Waals surface area contributed by atoms with Gasteiger partial charge in [-0.1, -0.05) is 37.4 Å². The fourth-order valence-electron chi connectivity index (χ4n) is 5.32. The summed E-state index contributed by atoms with van der Waals surface area (Å²) in [5.74, 6) is -0.544. The highest BCUT2D eigenvalue weighted by Gasteiger charge is 2.27. The zero-order valence-corrected chi connectivity index (χ0v) is 22.5. The Morgan fingerprint density at radius 2 is 1.69 bits per heavy atom. The summed E-state index contributed by atoms with van der Waals surface area (Å²) in [6.07, 6.45) is 2.45. The number of aromatic nitrogens is 1. The summed E-state index contributed by atoms with van der Waals surface area (Å²) in [6.45, 7) is 12.0. The van der Waals surface area contributed by atoms with E-state index < -0.39 is 8.07 Å². The Morgan fingerprint density at radius 3 is 2.42 bits per heavy atom. The first-order valence-corrected chi connectivity index (χ1v) is 16.7. The molecule has 0 atom stereocenters. The van der Waals surface area contributed by atoms with Gasteiger partial charge in [-0.25, -0.2) is 9.37 Å². The van der Waals surface area contributed by atoms with E-state index >= 15 is 0 Å². The zero-order chi connectivity index (χ0) is 25.1. The fourth-order valence-corrected chi connectivity index (χ4v) is 7.41. The van der Waals surface area contributed by atoms with E-state index in [-0.39, 0.29) is 11.7 Å². The number of rotatable bonds is 7. The van der Waals surface area contributed by atoms with Gasteiger partial charge in [0, 0.05) is 38.7 Å². The Morgan fingerprint density at radius 1 is 0.972 bits per heavy atom. The van der Waals surface area contributed by atoms with Crippen LogP contribution in [-0.4, -0.2) is 68.0 Å². The highest BCUT2D eigenvalue weighted by molar-refractivity contribution is 6.77. The third-order valence-electron chi connectivity index (χ3n) is 7.79. The number of halogens is 1. The number of likely N-dealkylation sites (tertiary alicyclic amines) is 1. The molecule has 0 bridgehead atoms. The smallest absolute Gasteiger partial charge is 0.252 e. The lowest BCUT2D eigenvalue weighted by Crippen LogP contribution is -2.42. The van der Waals surface area contributed by atoms with E-state index in [1.807, 2.05) is 0 Å². The maximum atomic E-state index is 14.1. The number of hydrogen-bond donors (Lipinski definition) is 1. The minimum absolute atomic E-state index is 0.179. The van der Waals surface area contributed by atoms with Crippen molar-refractivity contribution >= 4 is 24.9 Å². The molecule has 3 aromatic rings. The van der Waals surface area contributed by atoms with Crippen LogP contribution in [0, 0.1) is 5.82 Å². The maximum Gasteiger partial charge on any atom is 0.252 e. The van der Waals surface area contributed by atoms with Gasteiger partial charge >= 0.3 is 0 Å². The van der Waals surface area contributed by atoms with Gasteiger partial charge in [-0.2, -0.15) is 0 Å². The van der Waals surface area contributed by atoms with Crippen LogP contribution in [0.4, 0.5) is 4.39 Å². The Balaban J connectivity index is 1.33. The number of nitrogens with zero attached hydrogens (tertiary/aromatic N) is 3.